The Morgan fingerprint density at radius 1 is 1.32 bits per heavy atom. The molecule has 0 aliphatic carbocycles. The average Bonchev–Trinajstić information content (AvgIpc) is 2.86. The summed E-state index contributed by atoms with van der Waals surface area (Å²) in [5, 5.41) is 20.0. The molecule has 1 amide bonds. The number of nitrogens with zero attached hydrogens (tertiary/aromatic N) is 3. The van der Waals surface area contributed by atoms with Crippen LogP contribution in [-0.2, 0) is 0 Å². The molecule has 2 aromatic heterocycles. The number of hydrogen-bond acceptors (Lipinski definition) is 5. The van der Waals surface area contributed by atoms with Crippen LogP contribution in [0.4, 0.5) is 9.93 Å². The molecule has 2 heterocycles. The molecule has 3 rings (SSSR count). The van der Waals surface area contributed by atoms with Gasteiger partial charge in [0.25, 0.3) is 0 Å². The minimum absolute atomic E-state index is 0.357. The molecule has 0 atom stereocenters. The lowest BCUT2D eigenvalue weighted by molar-refractivity contribution is 0.209. The van der Waals surface area contributed by atoms with Gasteiger partial charge < -0.3 is 5.11 Å². The number of benzene rings is 1. The number of carboxylic acid groups (broad SMARTS) is 1. The van der Waals surface area contributed by atoms with Crippen LogP contribution in [0.25, 0.3) is 21.3 Å². The molecule has 6 nitrogen and oxygen atoms in total. The predicted molar refractivity (Wildman–Crippen MR) is 72.3 cm³/mol. The maximum absolute atomic E-state index is 10.5. The van der Waals surface area contributed by atoms with E-state index in [1.807, 2.05) is 24.3 Å². The van der Waals surface area contributed by atoms with Crippen molar-refractivity contribution in [3.63, 3.8) is 0 Å². The largest absolute Gasteiger partial charge is 0.465 e. The third kappa shape index (κ3) is 2.36. The molecule has 2 N–H and O–H groups in total. The number of hydrogen-bond donors (Lipinski definition) is 2. The summed E-state index contributed by atoms with van der Waals surface area (Å²) in [5.74, 6) is 0. The minimum atomic E-state index is -1.12. The molecule has 0 aliphatic heterocycles. The Kier molecular flexibility index (Phi) is 2.81. The number of thiazole rings is 1. The van der Waals surface area contributed by atoms with E-state index in [0.717, 1.165) is 21.3 Å². The van der Waals surface area contributed by atoms with Gasteiger partial charge in [0.2, 0.25) is 0 Å². The summed E-state index contributed by atoms with van der Waals surface area (Å²) in [4.78, 5) is 15.4. The summed E-state index contributed by atoms with van der Waals surface area (Å²) >= 11 is 1.28. The molecule has 0 bridgehead atoms. The van der Waals surface area contributed by atoms with Gasteiger partial charge in [0.1, 0.15) is 0 Å². The first-order valence-corrected chi connectivity index (χ1v) is 6.21. The summed E-state index contributed by atoms with van der Waals surface area (Å²) in [5.41, 5.74) is 1.79. The van der Waals surface area contributed by atoms with E-state index in [1.165, 1.54) is 11.3 Å². The lowest BCUT2D eigenvalue weighted by atomic mass is 10.1. The first-order chi connectivity index (χ1) is 9.22. The van der Waals surface area contributed by atoms with Gasteiger partial charge in [-0.25, -0.2) is 9.78 Å². The molecule has 7 heteroatoms. The number of fused-ring (bicyclic) bond motifs is 1. The van der Waals surface area contributed by atoms with E-state index in [2.05, 4.69) is 20.5 Å². The fraction of sp³-hybridized carbons (Fsp3) is 0. The van der Waals surface area contributed by atoms with E-state index in [9.17, 15) is 4.79 Å². The molecular weight excluding hydrogens is 264 g/mol. The summed E-state index contributed by atoms with van der Waals surface area (Å²) in [6, 6.07) is 7.64. The van der Waals surface area contributed by atoms with Crippen molar-refractivity contribution in [2.24, 2.45) is 0 Å². The van der Waals surface area contributed by atoms with Crippen LogP contribution in [0, 0.1) is 0 Å². The summed E-state index contributed by atoms with van der Waals surface area (Å²) in [6.45, 7) is 0. The molecule has 3 aromatic rings. The first-order valence-electron chi connectivity index (χ1n) is 5.40. The van der Waals surface area contributed by atoms with Gasteiger partial charge in [0, 0.05) is 11.6 Å². The topological polar surface area (TPSA) is 88.0 Å². The lowest BCUT2D eigenvalue weighted by Gasteiger charge is -1.99. The molecule has 0 saturated carbocycles. The normalized spacial score (nSPS) is 10.5. The number of amides is 1. The third-order valence-electron chi connectivity index (χ3n) is 2.52. The van der Waals surface area contributed by atoms with Crippen molar-refractivity contribution >= 4 is 33.5 Å². The zero-order valence-corrected chi connectivity index (χ0v) is 10.4. The monoisotopic (exact) mass is 272 g/mol. The van der Waals surface area contributed by atoms with Crippen LogP contribution < -0.4 is 5.32 Å². The van der Waals surface area contributed by atoms with Crippen molar-refractivity contribution in [1.82, 2.24) is 15.2 Å². The SMILES string of the molecule is O=C(O)Nc1ncc(-c2ccc3nnccc3c2)s1. The van der Waals surface area contributed by atoms with Gasteiger partial charge in [0.05, 0.1) is 16.6 Å². The summed E-state index contributed by atoms with van der Waals surface area (Å²) in [7, 11) is 0. The summed E-state index contributed by atoms with van der Waals surface area (Å²) in [6.07, 6.45) is 2.16. The number of aromatic nitrogens is 3. The molecule has 0 spiro atoms. The number of anilines is 1. The van der Waals surface area contributed by atoms with Crippen molar-refractivity contribution in [1.29, 1.82) is 0 Å². The van der Waals surface area contributed by atoms with Crippen LogP contribution in [-0.4, -0.2) is 26.4 Å². The highest BCUT2D eigenvalue weighted by Crippen LogP contribution is 2.30. The van der Waals surface area contributed by atoms with Gasteiger partial charge in [-0.3, -0.25) is 5.32 Å². The Hall–Kier alpha value is -2.54. The van der Waals surface area contributed by atoms with Gasteiger partial charge in [0.15, 0.2) is 5.13 Å². The van der Waals surface area contributed by atoms with Gasteiger partial charge in [-0.05, 0) is 23.8 Å². The van der Waals surface area contributed by atoms with Crippen molar-refractivity contribution in [2.75, 3.05) is 5.32 Å². The van der Waals surface area contributed by atoms with Crippen LogP contribution in [0.2, 0.25) is 0 Å². The Morgan fingerprint density at radius 2 is 2.21 bits per heavy atom. The highest BCUT2D eigenvalue weighted by molar-refractivity contribution is 7.19. The van der Waals surface area contributed by atoms with Crippen molar-refractivity contribution < 1.29 is 9.90 Å². The van der Waals surface area contributed by atoms with Gasteiger partial charge >= 0.3 is 6.09 Å². The molecular formula is C12H8N4O2S. The van der Waals surface area contributed by atoms with Gasteiger partial charge in [-0.15, -0.1) is 0 Å². The summed E-state index contributed by atoms with van der Waals surface area (Å²) < 4.78 is 0. The highest BCUT2D eigenvalue weighted by Gasteiger charge is 2.07. The first kappa shape index (κ1) is 11.5. The van der Waals surface area contributed by atoms with Crippen LogP contribution in [0.3, 0.4) is 0 Å². The third-order valence-corrected chi connectivity index (χ3v) is 3.48. The van der Waals surface area contributed by atoms with E-state index in [-0.39, 0.29) is 0 Å². The van der Waals surface area contributed by atoms with E-state index < -0.39 is 6.09 Å². The molecule has 1 aromatic carbocycles. The zero-order chi connectivity index (χ0) is 13.2. The molecule has 0 aliphatic rings. The molecule has 0 fully saturated rings. The van der Waals surface area contributed by atoms with E-state index in [4.69, 9.17) is 5.11 Å². The fourth-order valence-electron chi connectivity index (χ4n) is 1.70. The Bertz CT molecular complexity index is 756. The molecule has 0 unspecified atom stereocenters. The molecule has 0 radical (unpaired) electrons. The van der Waals surface area contributed by atoms with Crippen LogP contribution in [0.15, 0.2) is 36.7 Å². The number of nitrogens with one attached hydrogen (secondary N) is 1. The second-order valence-corrected chi connectivity index (χ2v) is 4.80. The molecule has 94 valence electrons. The second kappa shape index (κ2) is 4.62. The smallest absolute Gasteiger partial charge is 0.410 e. The van der Waals surface area contributed by atoms with Crippen LogP contribution >= 0.6 is 11.3 Å². The van der Waals surface area contributed by atoms with E-state index in [1.54, 1.807) is 12.4 Å². The molecule has 0 saturated heterocycles. The Balaban J connectivity index is 1.99. The Labute approximate surface area is 111 Å². The number of carbonyl (C=O) groups is 1. The van der Waals surface area contributed by atoms with Crippen LogP contribution in [0.1, 0.15) is 0 Å². The van der Waals surface area contributed by atoms with Crippen molar-refractivity contribution in [3.8, 4) is 10.4 Å². The lowest BCUT2D eigenvalue weighted by Crippen LogP contribution is -2.06. The van der Waals surface area contributed by atoms with Crippen molar-refractivity contribution in [2.45, 2.75) is 0 Å². The Morgan fingerprint density at radius 3 is 3.05 bits per heavy atom. The maximum atomic E-state index is 10.5. The minimum Gasteiger partial charge on any atom is -0.465 e. The standard InChI is InChI=1S/C12H8N4O2S/c17-12(18)15-11-13-6-10(19-11)8-1-2-9-7(5-8)3-4-14-16-9/h1-6H,(H,13,15)(H,17,18). The maximum Gasteiger partial charge on any atom is 0.410 e. The van der Waals surface area contributed by atoms with Gasteiger partial charge in [-0.1, -0.05) is 17.4 Å². The van der Waals surface area contributed by atoms with E-state index >= 15 is 0 Å². The predicted octanol–water partition coefficient (Wildman–Crippen LogP) is 2.84. The van der Waals surface area contributed by atoms with Crippen molar-refractivity contribution in [3.05, 3.63) is 36.7 Å². The molecule has 19 heavy (non-hydrogen) atoms. The number of rotatable bonds is 2. The van der Waals surface area contributed by atoms with Crippen LogP contribution in [0.5, 0.6) is 0 Å². The average molecular weight is 272 g/mol. The zero-order valence-electron chi connectivity index (χ0n) is 9.57. The fourth-order valence-corrected chi connectivity index (χ4v) is 2.50. The van der Waals surface area contributed by atoms with Gasteiger partial charge in [-0.2, -0.15) is 10.2 Å². The quantitative estimate of drug-likeness (QED) is 0.749. The second-order valence-electron chi connectivity index (χ2n) is 3.76. The highest BCUT2D eigenvalue weighted by atomic mass is 32.1. The van der Waals surface area contributed by atoms with E-state index in [0.29, 0.717) is 5.13 Å².